The SMILES string of the molecule is CCOc1ccccc1C(=O)N1CCN(C(=O)c2csc(-c3ccc(F)cc3)n2)CC1. The molecule has 0 saturated carbocycles. The second-order valence-electron chi connectivity index (χ2n) is 7.06. The van der Waals surface area contributed by atoms with E-state index >= 15 is 0 Å². The summed E-state index contributed by atoms with van der Waals surface area (Å²) in [6, 6.07) is 13.2. The summed E-state index contributed by atoms with van der Waals surface area (Å²) in [6.45, 7) is 4.13. The normalized spacial score (nSPS) is 13.9. The van der Waals surface area contributed by atoms with Gasteiger partial charge in [-0.3, -0.25) is 9.59 Å². The Morgan fingerprint density at radius 3 is 2.32 bits per heavy atom. The van der Waals surface area contributed by atoms with Crippen LogP contribution in [-0.4, -0.2) is 59.4 Å². The topological polar surface area (TPSA) is 62.7 Å². The van der Waals surface area contributed by atoms with E-state index in [1.807, 2.05) is 19.1 Å². The number of carbonyl (C=O) groups excluding carboxylic acids is 2. The lowest BCUT2D eigenvalue weighted by atomic mass is 10.1. The minimum Gasteiger partial charge on any atom is -0.493 e. The van der Waals surface area contributed by atoms with Gasteiger partial charge >= 0.3 is 0 Å². The van der Waals surface area contributed by atoms with Gasteiger partial charge in [-0.2, -0.15) is 0 Å². The maximum Gasteiger partial charge on any atom is 0.273 e. The summed E-state index contributed by atoms with van der Waals surface area (Å²) >= 11 is 1.35. The lowest BCUT2D eigenvalue weighted by Crippen LogP contribution is -2.50. The number of hydrogen-bond acceptors (Lipinski definition) is 5. The molecule has 2 heterocycles. The molecular weight excluding hydrogens is 417 g/mol. The number of hydrogen-bond donors (Lipinski definition) is 0. The van der Waals surface area contributed by atoms with Gasteiger partial charge in [-0.15, -0.1) is 11.3 Å². The highest BCUT2D eigenvalue weighted by Crippen LogP contribution is 2.25. The summed E-state index contributed by atoms with van der Waals surface area (Å²) < 4.78 is 18.7. The summed E-state index contributed by atoms with van der Waals surface area (Å²) in [5.41, 5.74) is 1.67. The lowest BCUT2D eigenvalue weighted by Gasteiger charge is -2.34. The molecule has 2 aromatic carbocycles. The van der Waals surface area contributed by atoms with E-state index in [1.54, 1.807) is 39.4 Å². The number of ether oxygens (including phenoxy) is 1. The van der Waals surface area contributed by atoms with E-state index in [9.17, 15) is 14.0 Å². The Hall–Kier alpha value is -3.26. The van der Waals surface area contributed by atoms with Crippen molar-refractivity contribution >= 4 is 23.2 Å². The molecule has 1 aromatic heterocycles. The summed E-state index contributed by atoms with van der Waals surface area (Å²) in [5.74, 6) is 0.00652. The van der Waals surface area contributed by atoms with Crippen molar-refractivity contribution in [2.75, 3.05) is 32.8 Å². The van der Waals surface area contributed by atoms with Gasteiger partial charge in [-0.1, -0.05) is 12.1 Å². The van der Waals surface area contributed by atoms with E-state index in [0.29, 0.717) is 54.8 Å². The first-order valence-electron chi connectivity index (χ1n) is 10.1. The number of benzene rings is 2. The molecule has 1 saturated heterocycles. The maximum atomic E-state index is 13.1. The third kappa shape index (κ3) is 4.59. The molecule has 1 fully saturated rings. The summed E-state index contributed by atoms with van der Waals surface area (Å²) in [5, 5.41) is 2.39. The smallest absolute Gasteiger partial charge is 0.273 e. The molecule has 0 aliphatic carbocycles. The van der Waals surface area contributed by atoms with E-state index < -0.39 is 0 Å². The van der Waals surface area contributed by atoms with Gasteiger partial charge in [-0.25, -0.2) is 9.37 Å². The molecule has 6 nitrogen and oxygen atoms in total. The van der Waals surface area contributed by atoms with Gasteiger partial charge in [-0.05, 0) is 43.3 Å². The van der Waals surface area contributed by atoms with Gasteiger partial charge < -0.3 is 14.5 Å². The van der Waals surface area contributed by atoms with Crippen molar-refractivity contribution in [2.24, 2.45) is 0 Å². The van der Waals surface area contributed by atoms with Crippen molar-refractivity contribution in [3.63, 3.8) is 0 Å². The largest absolute Gasteiger partial charge is 0.493 e. The molecule has 8 heteroatoms. The number of aromatic nitrogens is 1. The fourth-order valence-electron chi connectivity index (χ4n) is 3.47. The van der Waals surface area contributed by atoms with Crippen LogP contribution in [-0.2, 0) is 0 Å². The Morgan fingerprint density at radius 2 is 1.65 bits per heavy atom. The van der Waals surface area contributed by atoms with E-state index in [2.05, 4.69) is 4.98 Å². The fraction of sp³-hybridized carbons (Fsp3) is 0.261. The van der Waals surface area contributed by atoms with Crippen LogP contribution in [0.3, 0.4) is 0 Å². The predicted octanol–water partition coefficient (Wildman–Crippen LogP) is 3.95. The molecule has 0 radical (unpaired) electrons. The van der Waals surface area contributed by atoms with Crippen LogP contribution in [0.2, 0.25) is 0 Å². The second-order valence-corrected chi connectivity index (χ2v) is 7.92. The highest BCUT2D eigenvalue weighted by molar-refractivity contribution is 7.13. The Morgan fingerprint density at radius 1 is 1.00 bits per heavy atom. The molecule has 0 N–H and O–H groups in total. The molecule has 1 aliphatic rings. The van der Waals surface area contributed by atoms with Gasteiger partial charge in [0.05, 0.1) is 12.2 Å². The molecule has 31 heavy (non-hydrogen) atoms. The molecule has 0 bridgehead atoms. The van der Waals surface area contributed by atoms with Gasteiger partial charge in [0.2, 0.25) is 0 Å². The molecule has 2 amide bonds. The molecular formula is C23H22FN3O3S. The zero-order valence-electron chi connectivity index (χ0n) is 17.1. The molecule has 160 valence electrons. The van der Waals surface area contributed by atoms with Gasteiger partial charge in [0.15, 0.2) is 0 Å². The van der Waals surface area contributed by atoms with Crippen LogP contribution in [0.15, 0.2) is 53.9 Å². The van der Waals surface area contributed by atoms with Crippen molar-refractivity contribution in [3.05, 3.63) is 71.0 Å². The molecule has 3 aromatic rings. The van der Waals surface area contributed by atoms with E-state index in [1.165, 1.54) is 23.5 Å². The number of nitrogens with zero attached hydrogens (tertiary/aromatic N) is 3. The number of thiazole rings is 1. The molecule has 0 unspecified atom stereocenters. The van der Waals surface area contributed by atoms with Crippen molar-refractivity contribution in [3.8, 4) is 16.3 Å². The van der Waals surface area contributed by atoms with E-state index in [-0.39, 0.29) is 17.6 Å². The number of amides is 2. The first kappa shape index (κ1) is 21.0. The first-order chi connectivity index (χ1) is 15.1. The van der Waals surface area contributed by atoms with Crippen molar-refractivity contribution in [2.45, 2.75) is 6.92 Å². The van der Waals surface area contributed by atoms with Crippen molar-refractivity contribution in [1.82, 2.24) is 14.8 Å². The maximum absolute atomic E-state index is 13.1. The first-order valence-corrected chi connectivity index (χ1v) is 11.0. The van der Waals surface area contributed by atoms with Gasteiger partial charge in [0.25, 0.3) is 11.8 Å². The van der Waals surface area contributed by atoms with E-state index in [0.717, 1.165) is 5.56 Å². The Kier molecular flexibility index (Phi) is 6.27. The van der Waals surface area contributed by atoms with Crippen molar-refractivity contribution < 1.29 is 18.7 Å². The number of carbonyl (C=O) groups is 2. The number of halogens is 1. The Labute approximate surface area is 183 Å². The molecule has 0 spiro atoms. The zero-order valence-corrected chi connectivity index (χ0v) is 17.9. The Bertz CT molecular complexity index is 1080. The summed E-state index contributed by atoms with van der Waals surface area (Å²) in [7, 11) is 0. The van der Waals surface area contributed by atoms with Gasteiger partial charge in [0, 0.05) is 37.1 Å². The minimum absolute atomic E-state index is 0.0941. The average molecular weight is 440 g/mol. The quantitative estimate of drug-likeness (QED) is 0.604. The Balaban J connectivity index is 1.39. The van der Waals surface area contributed by atoms with Crippen molar-refractivity contribution in [1.29, 1.82) is 0 Å². The van der Waals surface area contributed by atoms with Crippen LogP contribution >= 0.6 is 11.3 Å². The molecule has 4 rings (SSSR count). The molecule has 0 atom stereocenters. The number of piperazine rings is 1. The summed E-state index contributed by atoms with van der Waals surface area (Å²) in [4.78, 5) is 33.7. The zero-order chi connectivity index (χ0) is 21.8. The monoisotopic (exact) mass is 439 g/mol. The van der Waals surface area contributed by atoms with Gasteiger partial charge in [0.1, 0.15) is 22.3 Å². The van der Waals surface area contributed by atoms with Crippen LogP contribution in [0.1, 0.15) is 27.8 Å². The highest BCUT2D eigenvalue weighted by Gasteiger charge is 2.28. The predicted molar refractivity (Wildman–Crippen MR) is 117 cm³/mol. The number of rotatable bonds is 5. The van der Waals surface area contributed by atoms with Crippen LogP contribution in [0.25, 0.3) is 10.6 Å². The summed E-state index contributed by atoms with van der Waals surface area (Å²) in [6.07, 6.45) is 0. The molecule has 1 aliphatic heterocycles. The third-order valence-electron chi connectivity index (χ3n) is 5.09. The average Bonchev–Trinajstić information content (AvgIpc) is 3.30. The standard InChI is InChI=1S/C23H22FN3O3S/c1-2-30-20-6-4-3-5-18(20)22(28)26-11-13-27(14-12-26)23(29)19-15-31-21(25-19)16-7-9-17(24)10-8-16/h3-10,15H,2,11-14H2,1H3. The third-order valence-corrected chi connectivity index (χ3v) is 5.98. The lowest BCUT2D eigenvalue weighted by molar-refractivity contribution is 0.0530. The highest BCUT2D eigenvalue weighted by atomic mass is 32.1. The fourth-order valence-corrected chi connectivity index (χ4v) is 4.27. The minimum atomic E-state index is -0.312. The van der Waals surface area contributed by atoms with Crippen LogP contribution < -0.4 is 4.74 Å². The number of para-hydroxylation sites is 1. The van der Waals surface area contributed by atoms with Crippen LogP contribution in [0.5, 0.6) is 5.75 Å². The van der Waals surface area contributed by atoms with E-state index in [4.69, 9.17) is 4.74 Å². The van der Waals surface area contributed by atoms with Crippen LogP contribution in [0, 0.1) is 5.82 Å². The second kappa shape index (κ2) is 9.26. The van der Waals surface area contributed by atoms with Crippen LogP contribution in [0.4, 0.5) is 4.39 Å².